The number of aryl methyl sites for hydroxylation is 1. The molecule has 7 nitrogen and oxygen atoms in total. The number of aliphatic carboxylic acids is 1. The first-order valence-corrected chi connectivity index (χ1v) is 12.9. The van der Waals surface area contributed by atoms with Crippen LogP contribution in [0.1, 0.15) is 29.5 Å². The molecule has 0 aliphatic carbocycles. The highest BCUT2D eigenvalue weighted by molar-refractivity contribution is 5.73. The van der Waals surface area contributed by atoms with Crippen molar-refractivity contribution in [1.82, 2.24) is 9.97 Å². The van der Waals surface area contributed by atoms with Crippen LogP contribution in [0.2, 0.25) is 0 Å². The van der Waals surface area contributed by atoms with Gasteiger partial charge in [0.1, 0.15) is 19.0 Å². The molecule has 0 spiro atoms. The second-order valence-corrected chi connectivity index (χ2v) is 9.51. The van der Waals surface area contributed by atoms with Crippen LogP contribution in [0.4, 0.5) is 5.82 Å². The Labute approximate surface area is 222 Å². The van der Waals surface area contributed by atoms with Crippen LogP contribution in [0, 0.1) is 12.8 Å². The van der Waals surface area contributed by atoms with Crippen molar-refractivity contribution in [2.24, 2.45) is 5.92 Å². The van der Waals surface area contributed by atoms with Gasteiger partial charge in [0.05, 0.1) is 5.92 Å². The van der Waals surface area contributed by atoms with E-state index >= 15 is 0 Å². The normalized spacial score (nSPS) is 13.8. The van der Waals surface area contributed by atoms with Crippen LogP contribution in [0.5, 0.6) is 11.8 Å². The van der Waals surface area contributed by atoms with Crippen LogP contribution in [-0.4, -0.2) is 34.1 Å². The van der Waals surface area contributed by atoms with Crippen LogP contribution in [0.15, 0.2) is 85.1 Å². The first-order valence-electron chi connectivity index (χ1n) is 12.9. The van der Waals surface area contributed by atoms with Gasteiger partial charge in [-0.3, -0.25) is 4.79 Å². The van der Waals surface area contributed by atoms with Crippen molar-refractivity contribution in [3.05, 3.63) is 102 Å². The molecule has 0 saturated carbocycles. The lowest BCUT2D eigenvalue weighted by Crippen LogP contribution is -2.36. The molecule has 4 aromatic rings. The van der Waals surface area contributed by atoms with Gasteiger partial charge in [-0.15, -0.1) is 0 Å². The van der Waals surface area contributed by atoms with Crippen LogP contribution < -0.4 is 14.4 Å². The van der Waals surface area contributed by atoms with Gasteiger partial charge in [0.15, 0.2) is 0 Å². The summed E-state index contributed by atoms with van der Waals surface area (Å²) in [5, 5.41) is 9.29. The highest BCUT2D eigenvalue weighted by Crippen LogP contribution is 2.34. The summed E-state index contributed by atoms with van der Waals surface area (Å²) in [6, 6.07) is 25.8. The Morgan fingerprint density at radius 1 is 0.895 bits per heavy atom. The maximum absolute atomic E-state index is 11.3. The molecule has 0 unspecified atom stereocenters. The number of carboxylic acid groups (broad SMARTS) is 1. The molecule has 1 aliphatic rings. The van der Waals surface area contributed by atoms with Crippen molar-refractivity contribution in [3.63, 3.8) is 0 Å². The zero-order valence-corrected chi connectivity index (χ0v) is 21.4. The summed E-state index contributed by atoms with van der Waals surface area (Å²) < 4.78 is 12.2. The van der Waals surface area contributed by atoms with E-state index in [1.54, 1.807) is 0 Å². The van der Waals surface area contributed by atoms with E-state index in [-0.39, 0.29) is 5.92 Å². The molecular formula is C31H31N3O4. The minimum absolute atomic E-state index is 0.273. The third-order valence-corrected chi connectivity index (χ3v) is 6.84. The summed E-state index contributed by atoms with van der Waals surface area (Å²) in [6.07, 6.45) is 3.11. The van der Waals surface area contributed by atoms with Crippen LogP contribution in [0.3, 0.4) is 0 Å². The lowest BCUT2D eigenvalue weighted by molar-refractivity contribution is -0.142. The molecule has 0 atom stereocenters. The summed E-state index contributed by atoms with van der Waals surface area (Å²) in [5.74, 6) is 0.849. The summed E-state index contributed by atoms with van der Waals surface area (Å²) >= 11 is 0. The molecule has 194 valence electrons. The van der Waals surface area contributed by atoms with E-state index in [0.29, 0.717) is 50.9 Å². The first-order chi connectivity index (χ1) is 18.6. The smallest absolute Gasteiger partial charge is 0.306 e. The summed E-state index contributed by atoms with van der Waals surface area (Å²) in [5.41, 5.74) is 4.92. The number of hydrogen-bond donors (Lipinski definition) is 1. The number of pyridine rings is 2. The van der Waals surface area contributed by atoms with Crippen molar-refractivity contribution in [2.45, 2.75) is 33.0 Å². The Morgan fingerprint density at radius 2 is 1.53 bits per heavy atom. The zero-order chi connectivity index (χ0) is 26.3. The fourth-order valence-corrected chi connectivity index (χ4v) is 4.63. The molecule has 1 saturated heterocycles. The van der Waals surface area contributed by atoms with E-state index in [1.165, 1.54) is 0 Å². The van der Waals surface area contributed by atoms with Gasteiger partial charge in [0.2, 0.25) is 11.8 Å². The lowest BCUT2D eigenvalue weighted by atomic mass is 9.97. The lowest BCUT2D eigenvalue weighted by Gasteiger charge is -2.31. The monoisotopic (exact) mass is 509 g/mol. The third-order valence-electron chi connectivity index (χ3n) is 6.84. The number of benzene rings is 2. The van der Waals surface area contributed by atoms with Gasteiger partial charge >= 0.3 is 5.97 Å². The largest absolute Gasteiger partial charge is 0.481 e. The number of rotatable bonds is 9. The van der Waals surface area contributed by atoms with Gasteiger partial charge in [0, 0.05) is 36.5 Å². The van der Waals surface area contributed by atoms with E-state index < -0.39 is 5.97 Å². The maximum atomic E-state index is 11.3. The Balaban J connectivity index is 1.38. The Kier molecular flexibility index (Phi) is 7.83. The standard InChI is InChI=1S/C31H31N3O4/c1-22-18-28(34-16-14-25(15-17-34)31(35)36)32-19-27(22)26-12-13-29(37-20-23-8-4-2-5-9-23)33-30(26)38-21-24-10-6-3-7-11-24/h2-13,18-19,25H,14-17,20-21H2,1H3,(H,35,36). The SMILES string of the molecule is Cc1cc(N2CCC(C(=O)O)CC2)ncc1-c1ccc(OCc2ccccc2)nc1OCc1ccccc1. The average molecular weight is 510 g/mol. The number of carbonyl (C=O) groups is 1. The van der Waals surface area contributed by atoms with Gasteiger partial charge in [-0.1, -0.05) is 60.7 Å². The number of piperidine rings is 1. The number of aromatic nitrogens is 2. The van der Waals surface area contributed by atoms with E-state index in [9.17, 15) is 9.90 Å². The molecule has 1 fully saturated rings. The molecule has 0 bridgehead atoms. The quantitative estimate of drug-likeness (QED) is 0.300. The summed E-state index contributed by atoms with van der Waals surface area (Å²) in [4.78, 5) is 22.9. The first kappa shape index (κ1) is 25.3. The minimum atomic E-state index is -0.712. The Bertz CT molecular complexity index is 1370. The number of hydrogen-bond acceptors (Lipinski definition) is 6. The van der Waals surface area contributed by atoms with E-state index in [2.05, 4.69) is 11.0 Å². The fraction of sp³-hybridized carbons (Fsp3) is 0.258. The second-order valence-electron chi connectivity index (χ2n) is 9.51. The maximum Gasteiger partial charge on any atom is 0.306 e. The molecule has 7 heteroatoms. The molecule has 1 aliphatic heterocycles. The number of nitrogens with zero attached hydrogens (tertiary/aromatic N) is 3. The predicted octanol–water partition coefficient (Wildman–Crippen LogP) is 5.91. The molecule has 0 amide bonds. The van der Waals surface area contributed by atoms with Gasteiger partial charge < -0.3 is 19.5 Å². The van der Waals surface area contributed by atoms with E-state index in [0.717, 1.165) is 33.6 Å². The number of carboxylic acids is 1. The topological polar surface area (TPSA) is 84.8 Å². The molecule has 5 rings (SSSR count). The molecule has 1 N–H and O–H groups in total. The fourth-order valence-electron chi connectivity index (χ4n) is 4.63. The van der Waals surface area contributed by atoms with Crippen LogP contribution in [-0.2, 0) is 18.0 Å². The van der Waals surface area contributed by atoms with Crippen molar-refractivity contribution >= 4 is 11.8 Å². The van der Waals surface area contributed by atoms with Crippen LogP contribution in [0.25, 0.3) is 11.1 Å². The van der Waals surface area contributed by atoms with E-state index in [4.69, 9.17) is 19.4 Å². The molecular weight excluding hydrogens is 478 g/mol. The molecule has 0 radical (unpaired) electrons. The predicted molar refractivity (Wildman–Crippen MR) is 146 cm³/mol. The van der Waals surface area contributed by atoms with Gasteiger partial charge in [0.25, 0.3) is 0 Å². The Hall–Kier alpha value is -4.39. The highest BCUT2D eigenvalue weighted by atomic mass is 16.5. The highest BCUT2D eigenvalue weighted by Gasteiger charge is 2.25. The number of ether oxygens (including phenoxy) is 2. The zero-order valence-electron chi connectivity index (χ0n) is 21.4. The molecule has 2 aromatic carbocycles. The minimum Gasteiger partial charge on any atom is -0.481 e. The van der Waals surface area contributed by atoms with Crippen molar-refractivity contribution in [3.8, 4) is 22.9 Å². The molecule has 38 heavy (non-hydrogen) atoms. The second kappa shape index (κ2) is 11.8. The van der Waals surface area contributed by atoms with Gasteiger partial charge in [-0.2, -0.15) is 4.98 Å². The van der Waals surface area contributed by atoms with Crippen molar-refractivity contribution in [1.29, 1.82) is 0 Å². The van der Waals surface area contributed by atoms with Crippen LogP contribution >= 0.6 is 0 Å². The number of anilines is 1. The van der Waals surface area contributed by atoms with Crippen molar-refractivity contribution in [2.75, 3.05) is 18.0 Å². The molecule has 2 aromatic heterocycles. The summed E-state index contributed by atoms with van der Waals surface area (Å²) in [7, 11) is 0. The van der Waals surface area contributed by atoms with Crippen molar-refractivity contribution < 1.29 is 19.4 Å². The van der Waals surface area contributed by atoms with Gasteiger partial charge in [-0.25, -0.2) is 4.98 Å². The third kappa shape index (κ3) is 6.11. The Morgan fingerprint density at radius 3 is 2.13 bits per heavy atom. The van der Waals surface area contributed by atoms with Gasteiger partial charge in [-0.05, 0) is 48.6 Å². The average Bonchev–Trinajstić information content (AvgIpc) is 2.96. The van der Waals surface area contributed by atoms with E-state index in [1.807, 2.05) is 85.9 Å². The molecule has 3 heterocycles. The summed E-state index contributed by atoms with van der Waals surface area (Å²) in [6.45, 7) is 4.21.